The maximum absolute atomic E-state index is 15.9. The Balaban J connectivity index is 1.41. The van der Waals surface area contributed by atoms with Gasteiger partial charge in [0.25, 0.3) is 22.2 Å². The van der Waals surface area contributed by atoms with E-state index < -0.39 is 0 Å². The first-order chi connectivity index (χ1) is 39.1. The average molecular weight is 1260 g/mol. The van der Waals surface area contributed by atoms with Gasteiger partial charge in [-0.25, -0.2) is 0 Å². The number of hydrogen-bond acceptors (Lipinski definition) is 6. The predicted octanol–water partition coefficient (Wildman–Crippen LogP) is 23.0. The predicted molar refractivity (Wildman–Crippen MR) is 359 cm³/mol. The van der Waals surface area contributed by atoms with Crippen LogP contribution in [0.4, 0.5) is 0 Å². The maximum Gasteiger partial charge on any atom is 0.262 e. The molecule has 0 saturated carbocycles. The molecule has 8 aromatic rings. The highest BCUT2D eigenvalue weighted by molar-refractivity contribution is 9.11. The molecule has 8 rings (SSSR count). The Hall–Kier alpha value is -2.66. The molecule has 0 fully saturated rings. The van der Waals surface area contributed by atoms with E-state index in [4.69, 9.17) is 0 Å². The second-order valence-corrected chi connectivity index (χ2v) is 29.2. The normalized spacial score (nSPS) is 12.8. The fourth-order valence-electron chi connectivity index (χ4n) is 12.9. The van der Waals surface area contributed by atoms with E-state index in [1.54, 1.807) is 0 Å². The molecule has 4 bridgehead atoms. The largest absolute Gasteiger partial charge is 0.274 e. The third-order valence-electron chi connectivity index (χ3n) is 17.7. The van der Waals surface area contributed by atoms with Crippen LogP contribution in [0.15, 0.2) is 63.1 Å². The molecule has 6 aromatic heterocycles. The molecular weight excluding hydrogens is 1160 g/mol. The van der Waals surface area contributed by atoms with Crippen LogP contribution in [0.5, 0.6) is 0 Å². The summed E-state index contributed by atoms with van der Waals surface area (Å²) >= 11 is 10.5. The molecule has 0 saturated heterocycles. The molecule has 0 aliphatic heterocycles. The van der Waals surface area contributed by atoms with Gasteiger partial charge in [0.2, 0.25) is 0 Å². The van der Waals surface area contributed by atoms with Crippen molar-refractivity contribution >= 4 is 86.9 Å². The van der Waals surface area contributed by atoms with Crippen LogP contribution in [0, 0.1) is 11.8 Å². The van der Waals surface area contributed by atoms with E-state index in [1.807, 2.05) is 36.4 Å². The Kier molecular flexibility index (Phi) is 31.3. The molecule has 0 spiro atoms. The van der Waals surface area contributed by atoms with E-state index >= 15 is 19.2 Å². The molecule has 0 aliphatic carbocycles. The topological polar surface area (TPSA) is 78.1 Å². The highest BCUT2D eigenvalue weighted by atomic mass is 79.9. The molecule has 0 amide bonds. The minimum Gasteiger partial charge on any atom is -0.274 e. The van der Waals surface area contributed by atoms with Crippen molar-refractivity contribution in [3.8, 4) is 20.9 Å². The number of hydrogen-bond donors (Lipinski definition) is 0. The Morgan fingerprint density at radius 3 is 0.825 bits per heavy atom. The molecule has 6 nitrogen and oxygen atoms in total. The lowest BCUT2D eigenvalue weighted by molar-refractivity contribution is 0.350. The minimum atomic E-state index is -0.347. The smallest absolute Gasteiger partial charge is 0.262 e. The van der Waals surface area contributed by atoms with Gasteiger partial charge in [0.15, 0.2) is 0 Å². The number of nitrogens with zero attached hydrogens (tertiary/aromatic N) is 2. The van der Waals surface area contributed by atoms with Crippen LogP contribution in [-0.2, 0) is 13.1 Å². The number of thiophene rings is 2. The highest BCUT2D eigenvalue weighted by Crippen LogP contribution is 2.44. The van der Waals surface area contributed by atoms with Gasteiger partial charge < -0.3 is 0 Å². The Labute approximate surface area is 508 Å². The molecular formula is C70H104Br2N2O4S2. The van der Waals surface area contributed by atoms with E-state index in [1.165, 1.54) is 212 Å². The van der Waals surface area contributed by atoms with Gasteiger partial charge in [-0.15, -0.1) is 22.7 Å². The van der Waals surface area contributed by atoms with Crippen molar-refractivity contribution in [2.24, 2.45) is 11.8 Å². The van der Waals surface area contributed by atoms with E-state index in [-0.39, 0.29) is 34.1 Å². The molecule has 444 valence electrons. The molecule has 6 heterocycles. The van der Waals surface area contributed by atoms with Gasteiger partial charge in [0.05, 0.1) is 18.3 Å². The van der Waals surface area contributed by atoms with Crippen molar-refractivity contribution in [1.82, 2.24) is 9.13 Å². The summed E-state index contributed by atoms with van der Waals surface area (Å²) in [6.45, 7) is 9.76. The summed E-state index contributed by atoms with van der Waals surface area (Å²) in [5.41, 5.74) is -0.0485. The minimum absolute atomic E-state index is 0.163. The van der Waals surface area contributed by atoms with Crippen LogP contribution in [0.25, 0.3) is 53.2 Å². The van der Waals surface area contributed by atoms with E-state index in [0.29, 0.717) is 56.5 Å². The van der Waals surface area contributed by atoms with Crippen molar-refractivity contribution < 1.29 is 0 Å². The monoisotopic (exact) mass is 1260 g/mol. The van der Waals surface area contributed by atoms with E-state index in [9.17, 15) is 0 Å². The maximum atomic E-state index is 15.9. The van der Waals surface area contributed by atoms with Crippen LogP contribution in [0.2, 0.25) is 0 Å². The Morgan fingerprint density at radius 2 is 0.588 bits per heavy atom. The number of benzene rings is 2. The molecule has 0 aliphatic rings. The molecule has 2 atom stereocenters. The fraction of sp³-hybridized carbons (Fsp3) is 0.686. The lowest BCUT2D eigenvalue weighted by atomic mass is 9.92. The third kappa shape index (κ3) is 20.3. The lowest BCUT2D eigenvalue weighted by Gasteiger charge is -2.18. The summed E-state index contributed by atoms with van der Waals surface area (Å²) in [4.78, 5) is 64.9. The summed E-state index contributed by atoms with van der Waals surface area (Å²) in [5, 5.41) is 2.43. The van der Waals surface area contributed by atoms with Crippen LogP contribution in [0.3, 0.4) is 0 Å². The van der Waals surface area contributed by atoms with Gasteiger partial charge in [-0.1, -0.05) is 259 Å². The van der Waals surface area contributed by atoms with Crippen LogP contribution in [0.1, 0.15) is 285 Å². The van der Waals surface area contributed by atoms with Gasteiger partial charge in [-0.05, 0) is 106 Å². The van der Waals surface area contributed by atoms with Crippen molar-refractivity contribution in [2.75, 3.05) is 0 Å². The molecule has 80 heavy (non-hydrogen) atoms. The van der Waals surface area contributed by atoms with E-state index in [0.717, 1.165) is 94.4 Å². The Bertz CT molecular complexity index is 2720. The van der Waals surface area contributed by atoms with Gasteiger partial charge in [0.1, 0.15) is 0 Å². The van der Waals surface area contributed by atoms with Gasteiger partial charge in [-0.2, -0.15) is 0 Å². The highest BCUT2D eigenvalue weighted by Gasteiger charge is 2.29. The van der Waals surface area contributed by atoms with Crippen molar-refractivity contribution in [2.45, 2.75) is 298 Å². The number of halogens is 2. The molecule has 2 unspecified atom stereocenters. The SMILES string of the molecule is CCCCCCCCCCCCC(CCCCCCCCCC)Cn1c(=O)c2cc(-c3ccc(Br)s3)c(c1=O)c1c3cc(-c4ccc(Br)s4)c(c(=O)n(CC(CCCCCCCCCC)CCCCCCCCCCCC)c3=O)c21. The van der Waals surface area contributed by atoms with E-state index in [2.05, 4.69) is 59.6 Å². The Morgan fingerprint density at radius 1 is 0.338 bits per heavy atom. The average Bonchev–Trinajstić information content (AvgIpc) is 4.24. The zero-order valence-corrected chi connectivity index (χ0v) is 55.2. The first-order valence-electron chi connectivity index (χ1n) is 33.0. The second-order valence-electron chi connectivity index (χ2n) is 24.3. The zero-order chi connectivity index (χ0) is 56.9. The second kappa shape index (κ2) is 37.6. The number of rotatable bonds is 46. The summed E-state index contributed by atoms with van der Waals surface area (Å²) in [7, 11) is 0. The number of aromatic nitrogens is 2. The molecule has 2 aromatic carbocycles. The zero-order valence-electron chi connectivity index (χ0n) is 50.4. The summed E-state index contributed by atoms with van der Waals surface area (Å²) in [5.74, 6) is 0.327. The van der Waals surface area contributed by atoms with Crippen molar-refractivity contribution in [1.29, 1.82) is 0 Å². The molecule has 10 heteroatoms. The fourth-order valence-corrected chi connectivity index (χ4v) is 15.8. The third-order valence-corrected chi connectivity index (χ3v) is 21.0. The number of unbranched alkanes of at least 4 members (excludes halogenated alkanes) is 32. The lowest BCUT2D eigenvalue weighted by Crippen LogP contribution is -2.33. The standard InChI is InChI=1S/C70H104Br2N2O4S2/c1-5-9-13-17-21-25-27-31-35-39-43-53(41-37-33-29-23-19-15-11-7-3)51-73-67(75)57-49-55(59-45-47-61(71)79-59)65(69(73)77)64-58-50-56(60-46-48-62(72)80-60)66(63(57)64)70(78)74(68(58)76)52-54(42-38-34-30-24-20-16-12-8-4)44-40-36-32-28-26-22-18-14-10-6-2/h45-50,53-54H,5-44,51-52H2,1-4H3. The first kappa shape index (κ1) is 66.5. The van der Waals surface area contributed by atoms with Gasteiger partial charge in [0, 0.05) is 55.5 Å². The van der Waals surface area contributed by atoms with Crippen molar-refractivity contribution in [3.63, 3.8) is 0 Å². The van der Waals surface area contributed by atoms with Crippen LogP contribution >= 0.6 is 54.5 Å². The van der Waals surface area contributed by atoms with Crippen molar-refractivity contribution in [3.05, 3.63) is 85.4 Å². The van der Waals surface area contributed by atoms with Crippen LogP contribution in [-0.4, -0.2) is 9.13 Å². The first-order valence-corrected chi connectivity index (χ1v) is 36.3. The molecule has 0 radical (unpaired) electrons. The van der Waals surface area contributed by atoms with Gasteiger partial charge in [-0.3, -0.25) is 28.3 Å². The molecule has 0 N–H and O–H groups in total. The quantitative estimate of drug-likeness (QED) is 0.0357. The summed E-state index contributed by atoms with van der Waals surface area (Å²) < 4.78 is 4.92. The number of fused-ring (bicyclic) bond motifs is 6. The summed E-state index contributed by atoms with van der Waals surface area (Å²) in [6, 6.07) is 11.8. The van der Waals surface area contributed by atoms with Crippen LogP contribution < -0.4 is 22.2 Å². The summed E-state index contributed by atoms with van der Waals surface area (Å²) in [6.07, 6.45) is 48.9. The van der Waals surface area contributed by atoms with Gasteiger partial charge >= 0.3 is 0 Å².